The van der Waals surface area contributed by atoms with Gasteiger partial charge in [0.1, 0.15) is 11.5 Å². The monoisotopic (exact) mass is 360 g/mol. The molecule has 2 aliphatic heterocycles. The van der Waals surface area contributed by atoms with Crippen LogP contribution in [0.15, 0.2) is 18.2 Å². The van der Waals surface area contributed by atoms with E-state index in [2.05, 4.69) is 22.8 Å². The predicted octanol–water partition coefficient (Wildman–Crippen LogP) is 3.63. The number of piperidine rings is 1. The van der Waals surface area contributed by atoms with Crippen LogP contribution < -0.4 is 9.47 Å². The molecule has 0 N–H and O–H groups in total. The van der Waals surface area contributed by atoms with E-state index in [0.29, 0.717) is 12.6 Å². The Morgan fingerprint density at radius 2 is 1.96 bits per heavy atom. The third-order valence-electron chi connectivity index (χ3n) is 5.92. The fourth-order valence-electron chi connectivity index (χ4n) is 4.49. The van der Waals surface area contributed by atoms with Gasteiger partial charge in [-0.2, -0.15) is 0 Å². The molecule has 26 heavy (non-hydrogen) atoms. The molecule has 0 unspecified atom stereocenters. The zero-order chi connectivity index (χ0) is 18.5. The Kier molecular flexibility index (Phi) is 6.41. The average Bonchev–Trinajstić information content (AvgIpc) is 3.15. The number of benzene rings is 1. The molecule has 0 aromatic heterocycles. The summed E-state index contributed by atoms with van der Waals surface area (Å²) in [6.07, 6.45) is 6.74. The number of nitrogens with zero attached hydrogens (tertiary/aromatic N) is 2. The number of rotatable bonds is 6. The lowest BCUT2D eigenvalue weighted by atomic mass is 9.99. The molecule has 1 aromatic carbocycles. The Bertz CT molecular complexity index is 619. The van der Waals surface area contributed by atoms with E-state index in [1.807, 2.05) is 12.1 Å². The van der Waals surface area contributed by atoms with Crippen molar-refractivity contribution in [3.8, 4) is 11.5 Å². The van der Waals surface area contributed by atoms with E-state index in [-0.39, 0.29) is 11.9 Å². The second-order valence-corrected chi connectivity index (χ2v) is 7.38. The first-order valence-corrected chi connectivity index (χ1v) is 9.93. The van der Waals surface area contributed by atoms with Gasteiger partial charge in [-0.05, 0) is 63.3 Å². The smallest absolute Gasteiger partial charge is 0.237 e. The van der Waals surface area contributed by atoms with Crippen molar-refractivity contribution in [3.63, 3.8) is 0 Å². The van der Waals surface area contributed by atoms with Gasteiger partial charge in [0.05, 0.1) is 20.8 Å². The summed E-state index contributed by atoms with van der Waals surface area (Å²) in [6.45, 7) is 4.57. The van der Waals surface area contributed by atoms with Gasteiger partial charge in [-0.25, -0.2) is 0 Å². The molecule has 1 amide bonds. The summed E-state index contributed by atoms with van der Waals surface area (Å²) in [5.41, 5.74) is 1.13. The summed E-state index contributed by atoms with van der Waals surface area (Å²) in [5, 5.41) is 0. The molecule has 0 aliphatic carbocycles. The summed E-state index contributed by atoms with van der Waals surface area (Å²) >= 11 is 0. The molecule has 2 aliphatic rings. The molecule has 2 saturated heterocycles. The normalized spacial score (nSPS) is 23.9. The largest absolute Gasteiger partial charge is 0.497 e. The van der Waals surface area contributed by atoms with Crippen molar-refractivity contribution in [3.05, 3.63) is 23.8 Å². The van der Waals surface area contributed by atoms with E-state index >= 15 is 0 Å². The van der Waals surface area contributed by atoms with Crippen molar-refractivity contribution in [2.24, 2.45) is 0 Å². The van der Waals surface area contributed by atoms with Crippen LogP contribution >= 0.6 is 0 Å². The Morgan fingerprint density at radius 3 is 2.69 bits per heavy atom. The Balaban J connectivity index is 1.75. The molecule has 0 spiro atoms. The van der Waals surface area contributed by atoms with Crippen LogP contribution in [0, 0.1) is 0 Å². The van der Waals surface area contributed by atoms with Crippen LogP contribution in [0.4, 0.5) is 0 Å². The highest BCUT2D eigenvalue weighted by molar-refractivity contribution is 5.78. The van der Waals surface area contributed by atoms with Crippen LogP contribution in [0.1, 0.15) is 57.1 Å². The summed E-state index contributed by atoms with van der Waals surface area (Å²) in [4.78, 5) is 17.5. The molecule has 2 atom stereocenters. The van der Waals surface area contributed by atoms with Gasteiger partial charge in [0.25, 0.3) is 0 Å². The SMILES string of the molecule is CC[C@H]1CCCCN1C(=O)CN1CCC[C@H]1c1cc(OC)ccc1OC. The van der Waals surface area contributed by atoms with E-state index in [1.54, 1.807) is 14.2 Å². The first kappa shape index (κ1) is 19.0. The average molecular weight is 360 g/mol. The molecule has 5 heteroatoms. The summed E-state index contributed by atoms with van der Waals surface area (Å²) in [5.74, 6) is 1.99. The summed E-state index contributed by atoms with van der Waals surface area (Å²) in [6, 6.07) is 6.58. The molecular formula is C21H32N2O3. The maximum Gasteiger partial charge on any atom is 0.237 e. The molecule has 2 fully saturated rings. The van der Waals surface area contributed by atoms with Crippen molar-refractivity contribution >= 4 is 5.91 Å². The fraction of sp³-hybridized carbons (Fsp3) is 0.667. The molecule has 0 bridgehead atoms. The molecular weight excluding hydrogens is 328 g/mol. The number of carbonyl (C=O) groups excluding carboxylic acids is 1. The van der Waals surface area contributed by atoms with Gasteiger partial charge < -0.3 is 14.4 Å². The van der Waals surface area contributed by atoms with E-state index in [0.717, 1.165) is 62.3 Å². The predicted molar refractivity (Wildman–Crippen MR) is 103 cm³/mol. The van der Waals surface area contributed by atoms with Crippen LogP contribution in [0.2, 0.25) is 0 Å². The highest BCUT2D eigenvalue weighted by atomic mass is 16.5. The van der Waals surface area contributed by atoms with Crippen molar-refractivity contribution in [2.75, 3.05) is 33.9 Å². The number of likely N-dealkylation sites (tertiary alicyclic amines) is 2. The second-order valence-electron chi connectivity index (χ2n) is 7.38. The molecule has 1 aromatic rings. The third-order valence-corrected chi connectivity index (χ3v) is 5.92. The van der Waals surface area contributed by atoms with Crippen molar-refractivity contribution in [2.45, 2.75) is 57.5 Å². The van der Waals surface area contributed by atoms with Crippen LogP contribution in [0.5, 0.6) is 11.5 Å². The number of hydrogen-bond acceptors (Lipinski definition) is 4. The van der Waals surface area contributed by atoms with Gasteiger partial charge in [0.15, 0.2) is 0 Å². The number of amides is 1. The van der Waals surface area contributed by atoms with E-state index in [9.17, 15) is 4.79 Å². The van der Waals surface area contributed by atoms with Gasteiger partial charge in [0.2, 0.25) is 5.91 Å². The number of hydrogen-bond donors (Lipinski definition) is 0. The van der Waals surface area contributed by atoms with Gasteiger partial charge in [0, 0.05) is 24.2 Å². The quantitative estimate of drug-likeness (QED) is 0.777. The molecule has 0 radical (unpaired) electrons. The zero-order valence-corrected chi connectivity index (χ0v) is 16.4. The summed E-state index contributed by atoms with van der Waals surface area (Å²) in [7, 11) is 3.39. The second kappa shape index (κ2) is 8.76. The molecule has 3 rings (SSSR count). The highest BCUT2D eigenvalue weighted by Crippen LogP contribution is 2.38. The maximum absolute atomic E-state index is 13.0. The van der Waals surface area contributed by atoms with Gasteiger partial charge in [-0.1, -0.05) is 6.92 Å². The minimum atomic E-state index is 0.217. The lowest BCUT2D eigenvalue weighted by Crippen LogP contribution is -2.47. The highest BCUT2D eigenvalue weighted by Gasteiger charge is 2.33. The van der Waals surface area contributed by atoms with Gasteiger partial charge in [-0.15, -0.1) is 0 Å². The fourth-order valence-corrected chi connectivity index (χ4v) is 4.49. The van der Waals surface area contributed by atoms with Crippen molar-refractivity contribution in [1.82, 2.24) is 9.80 Å². The lowest BCUT2D eigenvalue weighted by Gasteiger charge is -2.37. The number of methoxy groups -OCH3 is 2. The first-order chi connectivity index (χ1) is 12.7. The Morgan fingerprint density at radius 1 is 1.12 bits per heavy atom. The first-order valence-electron chi connectivity index (χ1n) is 9.93. The molecule has 144 valence electrons. The minimum Gasteiger partial charge on any atom is -0.497 e. The van der Waals surface area contributed by atoms with E-state index in [4.69, 9.17) is 9.47 Å². The lowest BCUT2D eigenvalue weighted by molar-refractivity contribution is -0.136. The maximum atomic E-state index is 13.0. The molecule has 2 heterocycles. The van der Waals surface area contributed by atoms with E-state index < -0.39 is 0 Å². The van der Waals surface area contributed by atoms with E-state index in [1.165, 1.54) is 6.42 Å². The standard InChI is InChI=1S/C21H32N2O3/c1-4-16-8-5-6-13-23(16)21(24)15-22-12-7-9-19(22)18-14-17(25-2)10-11-20(18)26-3/h10-11,14,16,19H,4-9,12-13,15H2,1-3H3/t16-,19-/m0/s1. The number of ether oxygens (including phenoxy) is 2. The topological polar surface area (TPSA) is 42.0 Å². The molecule has 0 saturated carbocycles. The van der Waals surface area contributed by atoms with Crippen LogP contribution in [-0.4, -0.2) is 55.6 Å². The van der Waals surface area contributed by atoms with Crippen LogP contribution in [0.25, 0.3) is 0 Å². The third kappa shape index (κ3) is 3.98. The summed E-state index contributed by atoms with van der Waals surface area (Å²) < 4.78 is 11.0. The Hall–Kier alpha value is -1.75. The van der Waals surface area contributed by atoms with Gasteiger partial charge >= 0.3 is 0 Å². The van der Waals surface area contributed by atoms with Crippen LogP contribution in [0.3, 0.4) is 0 Å². The Labute approximate surface area is 157 Å². The van der Waals surface area contributed by atoms with Crippen LogP contribution in [-0.2, 0) is 4.79 Å². The number of carbonyl (C=O) groups is 1. The van der Waals surface area contributed by atoms with Crippen molar-refractivity contribution in [1.29, 1.82) is 0 Å². The van der Waals surface area contributed by atoms with Gasteiger partial charge in [-0.3, -0.25) is 9.69 Å². The zero-order valence-electron chi connectivity index (χ0n) is 16.4. The molecule has 5 nitrogen and oxygen atoms in total. The van der Waals surface area contributed by atoms with Crippen molar-refractivity contribution < 1.29 is 14.3 Å². The minimum absolute atomic E-state index is 0.217.